The van der Waals surface area contributed by atoms with E-state index in [0.717, 1.165) is 34.8 Å². The molecule has 0 saturated carbocycles. The van der Waals surface area contributed by atoms with Crippen molar-refractivity contribution in [3.63, 3.8) is 0 Å². The molecule has 96 valence electrons. The highest BCUT2D eigenvalue weighted by Crippen LogP contribution is 2.20. The first-order valence-corrected chi connectivity index (χ1v) is 6.28. The second kappa shape index (κ2) is 4.39. The van der Waals surface area contributed by atoms with Crippen LogP contribution in [0.3, 0.4) is 0 Å². The van der Waals surface area contributed by atoms with E-state index in [1.54, 1.807) is 0 Å². The number of hydrogen-bond donors (Lipinski definition) is 1. The van der Waals surface area contributed by atoms with Crippen molar-refractivity contribution >= 4 is 16.7 Å². The predicted octanol–water partition coefficient (Wildman–Crippen LogP) is 2.68. The third-order valence-electron chi connectivity index (χ3n) is 3.39. The summed E-state index contributed by atoms with van der Waals surface area (Å²) in [6.45, 7) is 4.82. The summed E-state index contributed by atoms with van der Waals surface area (Å²) in [6, 6.07) is 9.87. The van der Waals surface area contributed by atoms with E-state index in [9.17, 15) is 0 Å². The van der Waals surface area contributed by atoms with Gasteiger partial charge in [-0.15, -0.1) is 0 Å². The number of rotatable bonds is 2. The van der Waals surface area contributed by atoms with Gasteiger partial charge in [-0.25, -0.2) is 4.98 Å². The number of nitrogens with two attached hydrogens (primary N) is 1. The molecule has 0 spiro atoms. The first kappa shape index (κ1) is 11.7. The molecule has 2 N–H and O–H groups in total. The zero-order chi connectivity index (χ0) is 13.4. The number of aromatic nitrogens is 3. The molecule has 4 nitrogen and oxygen atoms in total. The zero-order valence-electron chi connectivity index (χ0n) is 11.1. The third-order valence-corrected chi connectivity index (χ3v) is 3.39. The molecule has 0 amide bonds. The van der Waals surface area contributed by atoms with E-state index in [0.29, 0.717) is 0 Å². The molecular formula is C15H16N4. The summed E-state index contributed by atoms with van der Waals surface area (Å²) in [4.78, 5) is 9.00. The average Bonchev–Trinajstić information content (AvgIpc) is 2.68. The minimum atomic E-state index is 0.735. The maximum absolute atomic E-state index is 5.80. The molecule has 3 aromatic rings. The second-order valence-electron chi connectivity index (χ2n) is 4.76. The lowest BCUT2D eigenvalue weighted by Crippen LogP contribution is -2.05. The Hall–Kier alpha value is -2.36. The fraction of sp³-hybridized carbons (Fsp3) is 0.200. The van der Waals surface area contributed by atoms with Crippen molar-refractivity contribution in [2.45, 2.75) is 20.4 Å². The zero-order valence-corrected chi connectivity index (χ0v) is 11.1. The van der Waals surface area contributed by atoms with E-state index in [4.69, 9.17) is 5.73 Å². The van der Waals surface area contributed by atoms with Crippen molar-refractivity contribution in [2.75, 3.05) is 5.73 Å². The molecule has 0 unspecified atom stereocenters. The Labute approximate surface area is 111 Å². The van der Waals surface area contributed by atoms with Crippen molar-refractivity contribution in [3.05, 3.63) is 53.6 Å². The van der Waals surface area contributed by atoms with Crippen LogP contribution in [0.1, 0.15) is 17.1 Å². The van der Waals surface area contributed by atoms with Gasteiger partial charge in [-0.3, -0.25) is 4.98 Å². The number of benzene rings is 1. The molecule has 0 saturated heterocycles. The SMILES string of the molecule is Cc1cccnc1Cn1c(C)nc2cc(N)ccc21. The lowest BCUT2D eigenvalue weighted by atomic mass is 10.2. The minimum Gasteiger partial charge on any atom is -0.399 e. The van der Waals surface area contributed by atoms with Crippen LogP contribution in [-0.2, 0) is 6.54 Å². The van der Waals surface area contributed by atoms with Crippen LogP contribution >= 0.6 is 0 Å². The summed E-state index contributed by atoms with van der Waals surface area (Å²) in [5, 5.41) is 0. The van der Waals surface area contributed by atoms with Crippen molar-refractivity contribution in [3.8, 4) is 0 Å². The quantitative estimate of drug-likeness (QED) is 0.713. The molecule has 4 heteroatoms. The van der Waals surface area contributed by atoms with Gasteiger partial charge in [-0.2, -0.15) is 0 Å². The van der Waals surface area contributed by atoms with Crippen molar-refractivity contribution in [1.82, 2.24) is 14.5 Å². The predicted molar refractivity (Wildman–Crippen MR) is 77.0 cm³/mol. The van der Waals surface area contributed by atoms with Gasteiger partial charge in [0.15, 0.2) is 0 Å². The van der Waals surface area contributed by atoms with Crippen LogP contribution in [-0.4, -0.2) is 14.5 Å². The van der Waals surface area contributed by atoms with Gasteiger partial charge < -0.3 is 10.3 Å². The third kappa shape index (κ3) is 2.05. The lowest BCUT2D eigenvalue weighted by Gasteiger charge is -2.08. The summed E-state index contributed by atoms with van der Waals surface area (Å²) in [6.07, 6.45) is 1.83. The lowest BCUT2D eigenvalue weighted by molar-refractivity contribution is 0.758. The molecule has 19 heavy (non-hydrogen) atoms. The fourth-order valence-corrected chi connectivity index (χ4v) is 2.30. The topological polar surface area (TPSA) is 56.7 Å². The molecule has 0 bridgehead atoms. The Bertz CT molecular complexity index is 743. The van der Waals surface area contributed by atoms with Crippen LogP contribution in [0.4, 0.5) is 5.69 Å². The molecule has 0 aliphatic carbocycles. The van der Waals surface area contributed by atoms with E-state index in [-0.39, 0.29) is 0 Å². The Kier molecular flexibility index (Phi) is 2.71. The molecule has 0 aliphatic rings. The maximum Gasteiger partial charge on any atom is 0.107 e. The average molecular weight is 252 g/mol. The number of hydrogen-bond acceptors (Lipinski definition) is 3. The van der Waals surface area contributed by atoms with E-state index in [2.05, 4.69) is 27.5 Å². The van der Waals surface area contributed by atoms with Crippen molar-refractivity contribution in [2.24, 2.45) is 0 Å². The van der Waals surface area contributed by atoms with Gasteiger partial charge in [0, 0.05) is 11.9 Å². The van der Waals surface area contributed by atoms with Gasteiger partial charge in [-0.05, 0) is 43.7 Å². The maximum atomic E-state index is 5.80. The first-order chi connectivity index (χ1) is 9.15. The summed E-state index contributed by atoms with van der Waals surface area (Å²) < 4.78 is 2.17. The highest BCUT2D eigenvalue weighted by atomic mass is 15.1. The molecular weight excluding hydrogens is 236 g/mol. The standard InChI is InChI=1S/C15H16N4/c1-10-4-3-7-17-14(10)9-19-11(2)18-13-8-12(16)5-6-15(13)19/h3-8H,9,16H2,1-2H3. The van der Waals surface area contributed by atoms with Crippen molar-refractivity contribution in [1.29, 1.82) is 0 Å². The smallest absolute Gasteiger partial charge is 0.107 e. The van der Waals surface area contributed by atoms with Crippen LogP contribution in [0.2, 0.25) is 0 Å². The van der Waals surface area contributed by atoms with E-state index in [1.807, 2.05) is 37.4 Å². The molecule has 0 radical (unpaired) electrons. The van der Waals surface area contributed by atoms with Crippen molar-refractivity contribution < 1.29 is 0 Å². The van der Waals surface area contributed by atoms with Crippen LogP contribution in [0.15, 0.2) is 36.5 Å². The summed E-state index contributed by atoms with van der Waals surface area (Å²) >= 11 is 0. The monoisotopic (exact) mass is 252 g/mol. The molecule has 1 aromatic carbocycles. The highest BCUT2D eigenvalue weighted by molar-refractivity contribution is 5.79. The molecule has 2 heterocycles. The van der Waals surface area contributed by atoms with E-state index in [1.165, 1.54) is 5.56 Å². The van der Waals surface area contributed by atoms with Gasteiger partial charge >= 0.3 is 0 Å². The summed E-state index contributed by atoms with van der Waals surface area (Å²) in [5.74, 6) is 0.977. The first-order valence-electron chi connectivity index (χ1n) is 6.28. The van der Waals surface area contributed by atoms with Crippen LogP contribution < -0.4 is 5.73 Å². The Balaban J connectivity index is 2.10. The van der Waals surface area contributed by atoms with Gasteiger partial charge in [0.05, 0.1) is 23.3 Å². The molecule has 0 atom stereocenters. The molecule has 2 aromatic heterocycles. The van der Waals surface area contributed by atoms with Crippen LogP contribution in [0.5, 0.6) is 0 Å². The largest absolute Gasteiger partial charge is 0.399 e. The number of imidazole rings is 1. The van der Waals surface area contributed by atoms with Gasteiger partial charge in [0.2, 0.25) is 0 Å². The number of aryl methyl sites for hydroxylation is 2. The van der Waals surface area contributed by atoms with Crippen LogP contribution in [0, 0.1) is 13.8 Å². The van der Waals surface area contributed by atoms with Gasteiger partial charge in [0.1, 0.15) is 5.82 Å². The number of anilines is 1. The van der Waals surface area contributed by atoms with Crippen LogP contribution in [0.25, 0.3) is 11.0 Å². The fourth-order valence-electron chi connectivity index (χ4n) is 2.30. The normalized spacial score (nSPS) is 11.1. The minimum absolute atomic E-state index is 0.735. The highest BCUT2D eigenvalue weighted by Gasteiger charge is 2.09. The number of pyridine rings is 1. The Morgan fingerprint density at radius 1 is 1.21 bits per heavy atom. The molecule has 3 rings (SSSR count). The number of fused-ring (bicyclic) bond motifs is 1. The summed E-state index contributed by atoms with van der Waals surface area (Å²) in [7, 11) is 0. The molecule has 0 aliphatic heterocycles. The second-order valence-corrected chi connectivity index (χ2v) is 4.76. The molecule has 0 fully saturated rings. The Morgan fingerprint density at radius 3 is 2.84 bits per heavy atom. The van der Waals surface area contributed by atoms with Gasteiger partial charge in [-0.1, -0.05) is 6.07 Å². The van der Waals surface area contributed by atoms with E-state index >= 15 is 0 Å². The van der Waals surface area contributed by atoms with E-state index < -0.39 is 0 Å². The Morgan fingerprint density at radius 2 is 2.05 bits per heavy atom. The number of nitrogens with zero attached hydrogens (tertiary/aromatic N) is 3. The number of nitrogen functional groups attached to an aromatic ring is 1. The summed E-state index contributed by atoms with van der Waals surface area (Å²) in [5.41, 5.74) is 10.8. The van der Waals surface area contributed by atoms with Gasteiger partial charge in [0.25, 0.3) is 0 Å².